The number of esters is 1. The van der Waals surface area contributed by atoms with Crippen LogP contribution in [0.5, 0.6) is 0 Å². The van der Waals surface area contributed by atoms with Crippen molar-refractivity contribution in [2.75, 3.05) is 0 Å². The zero-order valence-corrected chi connectivity index (χ0v) is 20.0. The van der Waals surface area contributed by atoms with Crippen LogP contribution in [-0.4, -0.2) is 16.5 Å². The van der Waals surface area contributed by atoms with E-state index in [9.17, 15) is 4.79 Å². The number of aromatic nitrogens is 1. The molecule has 4 nitrogen and oxygen atoms in total. The number of benzene rings is 2. The SMILES string of the molecule is Cc1[nH]c2ccc(CC(C)(N)C3CCCCC3)cc2c1C(=O)OC1CCCc2ccccc21. The second-order valence-corrected chi connectivity index (χ2v) is 10.5. The van der Waals surface area contributed by atoms with Crippen LogP contribution in [0.4, 0.5) is 0 Å². The van der Waals surface area contributed by atoms with Gasteiger partial charge >= 0.3 is 5.97 Å². The smallest absolute Gasteiger partial charge is 0.341 e. The van der Waals surface area contributed by atoms with Crippen molar-refractivity contribution in [2.24, 2.45) is 11.7 Å². The van der Waals surface area contributed by atoms with Crippen molar-refractivity contribution >= 4 is 16.9 Å². The minimum atomic E-state index is -0.236. The van der Waals surface area contributed by atoms with Crippen LogP contribution in [-0.2, 0) is 17.6 Å². The lowest BCUT2D eigenvalue weighted by Crippen LogP contribution is -2.47. The molecule has 2 aromatic carbocycles. The monoisotopic (exact) mass is 444 g/mol. The lowest BCUT2D eigenvalue weighted by molar-refractivity contribution is 0.0258. The zero-order chi connectivity index (χ0) is 23.0. The number of aryl methyl sites for hydroxylation is 2. The highest BCUT2D eigenvalue weighted by atomic mass is 16.5. The van der Waals surface area contributed by atoms with E-state index in [0.717, 1.165) is 47.8 Å². The van der Waals surface area contributed by atoms with E-state index in [2.05, 4.69) is 48.3 Å². The summed E-state index contributed by atoms with van der Waals surface area (Å²) in [6.07, 6.45) is 9.97. The highest BCUT2D eigenvalue weighted by Gasteiger charge is 2.32. The fourth-order valence-electron chi connectivity index (χ4n) is 6.11. The van der Waals surface area contributed by atoms with Crippen molar-refractivity contribution in [3.8, 4) is 0 Å². The highest BCUT2D eigenvalue weighted by Crippen LogP contribution is 2.36. The molecule has 1 fully saturated rings. The van der Waals surface area contributed by atoms with Crippen molar-refractivity contribution in [3.05, 3.63) is 70.4 Å². The van der Waals surface area contributed by atoms with Crippen molar-refractivity contribution in [2.45, 2.75) is 83.3 Å². The largest absolute Gasteiger partial charge is 0.454 e. The molecule has 1 saturated carbocycles. The number of carbonyl (C=O) groups excluding carboxylic acids is 1. The van der Waals surface area contributed by atoms with Crippen molar-refractivity contribution in [1.82, 2.24) is 4.98 Å². The average molecular weight is 445 g/mol. The fourth-order valence-corrected chi connectivity index (χ4v) is 6.11. The van der Waals surface area contributed by atoms with Crippen LogP contribution < -0.4 is 5.73 Å². The van der Waals surface area contributed by atoms with Crippen LogP contribution in [0.1, 0.15) is 90.7 Å². The predicted molar refractivity (Wildman–Crippen MR) is 133 cm³/mol. The summed E-state index contributed by atoms with van der Waals surface area (Å²) in [5.74, 6) is 0.325. The Balaban J connectivity index is 1.40. The molecular formula is C29H36N2O2. The Morgan fingerprint density at radius 2 is 1.88 bits per heavy atom. The second-order valence-electron chi connectivity index (χ2n) is 10.5. The third-order valence-corrected chi connectivity index (χ3v) is 7.94. The van der Waals surface area contributed by atoms with E-state index in [1.54, 1.807) is 0 Å². The molecule has 3 aromatic rings. The van der Waals surface area contributed by atoms with Crippen LogP contribution in [0, 0.1) is 12.8 Å². The first-order valence-electron chi connectivity index (χ1n) is 12.6. The van der Waals surface area contributed by atoms with E-state index in [0.29, 0.717) is 11.5 Å². The predicted octanol–water partition coefficient (Wildman–Crippen LogP) is 6.55. The van der Waals surface area contributed by atoms with Crippen LogP contribution in [0.2, 0.25) is 0 Å². The molecule has 0 amide bonds. The molecule has 2 unspecified atom stereocenters. The second kappa shape index (κ2) is 8.98. The number of hydrogen-bond acceptors (Lipinski definition) is 3. The molecule has 0 saturated heterocycles. The molecule has 0 aliphatic heterocycles. The van der Waals surface area contributed by atoms with Crippen molar-refractivity contribution in [1.29, 1.82) is 0 Å². The van der Waals surface area contributed by atoms with Gasteiger partial charge in [0.2, 0.25) is 0 Å². The number of carbonyl (C=O) groups is 1. The van der Waals surface area contributed by atoms with Gasteiger partial charge in [-0.3, -0.25) is 0 Å². The molecule has 0 spiro atoms. The topological polar surface area (TPSA) is 68.1 Å². The number of nitrogens with one attached hydrogen (secondary N) is 1. The summed E-state index contributed by atoms with van der Waals surface area (Å²) < 4.78 is 6.10. The maximum absolute atomic E-state index is 13.4. The van der Waals surface area contributed by atoms with Crippen LogP contribution in [0.25, 0.3) is 10.9 Å². The molecule has 2 atom stereocenters. The molecule has 0 bridgehead atoms. The minimum Gasteiger partial charge on any atom is -0.454 e. The molecule has 4 heteroatoms. The van der Waals surface area contributed by atoms with Gasteiger partial charge in [0.15, 0.2) is 0 Å². The van der Waals surface area contributed by atoms with Gasteiger partial charge in [-0.15, -0.1) is 0 Å². The number of rotatable bonds is 5. The molecule has 3 N–H and O–H groups in total. The zero-order valence-electron chi connectivity index (χ0n) is 20.0. The minimum absolute atomic E-state index is 0.173. The number of ether oxygens (including phenoxy) is 1. The molecule has 2 aliphatic rings. The van der Waals surface area contributed by atoms with Gasteiger partial charge < -0.3 is 15.5 Å². The van der Waals surface area contributed by atoms with Gasteiger partial charge in [-0.05, 0) is 87.1 Å². The van der Waals surface area contributed by atoms with E-state index >= 15 is 0 Å². The number of H-pyrrole nitrogens is 1. The summed E-state index contributed by atoms with van der Waals surface area (Å²) in [5, 5.41) is 0.943. The van der Waals surface area contributed by atoms with Crippen molar-refractivity contribution in [3.63, 3.8) is 0 Å². The first kappa shape index (κ1) is 22.2. The Bertz CT molecular complexity index is 1150. The Hall–Kier alpha value is -2.59. The summed E-state index contributed by atoms with van der Waals surface area (Å²) in [4.78, 5) is 16.8. The van der Waals surface area contributed by atoms with Gasteiger partial charge in [-0.1, -0.05) is 49.6 Å². The Morgan fingerprint density at radius 1 is 1.09 bits per heavy atom. The van der Waals surface area contributed by atoms with Crippen LogP contribution in [0.3, 0.4) is 0 Å². The molecule has 5 rings (SSSR count). The number of hydrogen-bond donors (Lipinski definition) is 2. The summed E-state index contributed by atoms with van der Waals surface area (Å²) in [5.41, 5.74) is 12.7. The first-order chi connectivity index (χ1) is 15.9. The molecule has 1 heterocycles. The molecule has 2 aliphatic carbocycles. The lowest BCUT2D eigenvalue weighted by Gasteiger charge is -2.37. The van der Waals surface area contributed by atoms with Gasteiger partial charge in [0, 0.05) is 22.1 Å². The van der Waals surface area contributed by atoms with Gasteiger partial charge in [0.05, 0.1) is 5.56 Å². The third kappa shape index (κ3) is 4.46. The van der Waals surface area contributed by atoms with E-state index in [-0.39, 0.29) is 17.6 Å². The molecule has 174 valence electrons. The summed E-state index contributed by atoms with van der Waals surface area (Å²) in [6.45, 7) is 4.16. The summed E-state index contributed by atoms with van der Waals surface area (Å²) in [7, 11) is 0. The quantitative estimate of drug-likeness (QED) is 0.438. The van der Waals surface area contributed by atoms with Crippen LogP contribution >= 0.6 is 0 Å². The van der Waals surface area contributed by atoms with Gasteiger partial charge in [-0.25, -0.2) is 4.79 Å². The van der Waals surface area contributed by atoms with E-state index < -0.39 is 0 Å². The number of nitrogens with two attached hydrogens (primary N) is 1. The summed E-state index contributed by atoms with van der Waals surface area (Å²) >= 11 is 0. The number of aromatic amines is 1. The Kier molecular flexibility index (Phi) is 6.05. The molecule has 33 heavy (non-hydrogen) atoms. The fraction of sp³-hybridized carbons (Fsp3) is 0.483. The maximum Gasteiger partial charge on any atom is 0.341 e. The van der Waals surface area contributed by atoms with E-state index in [4.69, 9.17) is 10.5 Å². The van der Waals surface area contributed by atoms with Gasteiger partial charge in [0.1, 0.15) is 6.10 Å². The van der Waals surface area contributed by atoms with E-state index in [1.807, 2.05) is 13.0 Å². The van der Waals surface area contributed by atoms with Crippen molar-refractivity contribution < 1.29 is 9.53 Å². The Labute approximate surface area is 196 Å². The molecule has 1 aromatic heterocycles. The maximum atomic E-state index is 13.4. The number of fused-ring (bicyclic) bond motifs is 2. The van der Waals surface area contributed by atoms with E-state index in [1.165, 1.54) is 43.2 Å². The first-order valence-corrected chi connectivity index (χ1v) is 12.6. The van der Waals surface area contributed by atoms with Gasteiger partial charge in [0.25, 0.3) is 0 Å². The third-order valence-electron chi connectivity index (χ3n) is 7.94. The molecular weight excluding hydrogens is 408 g/mol. The van der Waals surface area contributed by atoms with Crippen LogP contribution in [0.15, 0.2) is 42.5 Å². The average Bonchev–Trinajstić information content (AvgIpc) is 3.15. The standard InChI is InChI=1S/C29H36N2O2/c1-19-27(28(32)33-26-14-8-10-21-9-6-7-13-23(21)26)24-17-20(15-16-25(24)31-19)18-29(2,30)22-11-4-3-5-12-22/h6-7,9,13,15-17,22,26,31H,3-5,8,10-12,14,18,30H2,1-2H3. The van der Waals surface area contributed by atoms with Gasteiger partial charge in [-0.2, -0.15) is 0 Å². The summed E-state index contributed by atoms with van der Waals surface area (Å²) in [6, 6.07) is 14.7. The Morgan fingerprint density at radius 3 is 2.70 bits per heavy atom. The molecule has 0 radical (unpaired) electrons. The normalized spacial score (nSPS) is 20.9. The highest BCUT2D eigenvalue weighted by molar-refractivity contribution is 6.05. The lowest BCUT2D eigenvalue weighted by atomic mass is 9.73.